The van der Waals surface area contributed by atoms with Gasteiger partial charge in [-0.15, -0.1) is 0 Å². The van der Waals surface area contributed by atoms with Gasteiger partial charge in [-0.05, 0) is 49.5 Å². The molecule has 1 amide bonds. The van der Waals surface area contributed by atoms with Gasteiger partial charge in [0.25, 0.3) is 0 Å². The average Bonchev–Trinajstić information content (AvgIpc) is 2.66. The van der Waals surface area contributed by atoms with Crippen molar-refractivity contribution in [2.75, 3.05) is 18.4 Å². The average molecular weight is 415 g/mol. The fourth-order valence-corrected chi connectivity index (χ4v) is 3.98. The lowest BCUT2D eigenvalue weighted by molar-refractivity contribution is -0.116. The summed E-state index contributed by atoms with van der Waals surface area (Å²) in [6.07, 6.45) is 2.23. The van der Waals surface area contributed by atoms with Crippen molar-refractivity contribution < 1.29 is 13.2 Å². The summed E-state index contributed by atoms with van der Waals surface area (Å²) in [7, 11) is -3.73. The van der Waals surface area contributed by atoms with Crippen LogP contribution in [0.5, 0.6) is 0 Å². The SMILES string of the molecule is Cc1ccc(NC(=O)CN(CCC(C)C)S(=O)(=O)/C=C/c2ccccc2)c(C)c1. The molecule has 0 saturated heterocycles. The number of aryl methyl sites for hydroxylation is 2. The number of hydrogen-bond acceptors (Lipinski definition) is 3. The van der Waals surface area contributed by atoms with E-state index in [1.54, 1.807) is 6.08 Å². The van der Waals surface area contributed by atoms with Crippen molar-refractivity contribution in [1.82, 2.24) is 4.31 Å². The first-order valence-corrected chi connectivity index (χ1v) is 11.3. The Hall–Kier alpha value is -2.44. The van der Waals surface area contributed by atoms with E-state index in [9.17, 15) is 13.2 Å². The minimum absolute atomic E-state index is 0.221. The van der Waals surface area contributed by atoms with Gasteiger partial charge in [0.15, 0.2) is 0 Å². The predicted molar refractivity (Wildman–Crippen MR) is 120 cm³/mol. The lowest BCUT2D eigenvalue weighted by Gasteiger charge is -2.21. The molecule has 0 atom stereocenters. The van der Waals surface area contributed by atoms with Gasteiger partial charge < -0.3 is 5.32 Å². The second-order valence-corrected chi connectivity index (χ2v) is 9.46. The summed E-state index contributed by atoms with van der Waals surface area (Å²) in [6.45, 7) is 8.03. The highest BCUT2D eigenvalue weighted by molar-refractivity contribution is 7.92. The number of benzene rings is 2. The molecule has 0 aromatic heterocycles. The van der Waals surface area contributed by atoms with Gasteiger partial charge in [-0.2, -0.15) is 4.31 Å². The molecule has 0 unspecified atom stereocenters. The summed E-state index contributed by atoms with van der Waals surface area (Å²) in [5.74, 6) is -0.0226. The zero-order valence-corrected chi connectivity index (χ0v) is 18.4. The van der Waals surface area contributed by atoms with Crippen LogP contribution in [-0.4, -0.2) is 31.7 Å². The van der Waals surface area contributed by atoms with E-state index in [0.717, 1.165) is 16.7 Å². The molecule has 0 heterocycles. The third kappa shape index (κ3) is 7.48. The number of nitrogens with one attached hydrogen (secondary N) is 1. The van der Waals surface area contributed by atoms with Gasteiger partial charge in [0, 0.05) is 17.6 Å². The molecule has 1 N–H and O–H groups in total. The van der Waals surface area contributed by atoms with Crippen LogP contribution in [0.25, 0.3) is 6.08 Å². The van der Waals surface area contributed by atoms with E-state index < -0.39 is 10.0 Å². The quantitative estimate of drug-likeness (QED) is 0.652. The van der Waals surface area contributed by atoms with E-state index in [4.69, 9.17) is 0 Å². The fourth-order valence-electron chi connectivity index (χ4n) is 2.82. The number of anilines is 1. The topological polar surface area (TPSA) is 66.5 Å². The Balaban J connectivity index is 2.15. The van der Waals surface area contributed by atoms with Gasteiger partial charge in [-0.1, -0.05) is 61.9 Å². The van der Waals surface area contributed by atoms with E-state index in [1.165, 1.54) is 9.71 Å². The van der Waals surface area contributed by atoms with E-state index >= 15 is 0 Å². The molecule has 6 heteroatoms. The standard InChI is InChI=1S/C23H30N2O3S/c1-18(2)12-14-25(29(27,28)15-13-21-8-6-5-7-9-21)17-23(26)24-22-11-10-19(3)16-20(22)4/h5-11,13,15-16,18H,12,14,17H2,1-4H3,(H,24,26)/b15-13+. The Kier molecular flexibility index (Phi) is 8.17. The highest BCUT2D eigenvalue weighted by Crippen LogP contribution is 2.17. The maximum atomic E-state index is 12.9. The summed E-state index contributed by atoms with van der Waals surface area (Å²) in [4.78, 5) is 12.6. The first kappa shape index (κ1) is 22.8. The maximum absolute atomic E-state index is 12.9. The minimum Gasteiger partial charge on any atom is -0.325 e. The minimum atomic E-state index is -3.73. The first-order chi connectivity index (χ1) is 13.7. The summed E-state index contributed by atoms with van der Waals surface area (Å²) in [5, 5.41) is 4.01. The molecule has 0 aliphatic heterocycles. The fraction of sp³-hybridized carbons (Fsp3) is 0.348. The number of sulfonamides is 1. The smallest absolute Gasteiger partial charge is 0.239 e. The van der Waals surface area contributed by atoms with Crippen LogP contribution < -0.4 is 5.32 Å². The van der Waals surface area contributed by atoms with Crippen molar-refractivity contribution in [3.63, 3.8) is 0 Å². The van der Waals surface area contributed by atoms with Crippen molar-refractivity contribution in [2.45, 2.75) is 34.1 Å². The highest BCUT2D eigenvalue weighted by atomic mass is 32.2. The molecular formula is C23H30N2O3S. The number of nitrogens with zero attached hydrogens (tertiary/aromatic N) is 1. The van der Waals surface area contributed by atoms with Crippen molar-refractivity contribution in [3.8, 4) is 0 Å². The van der Waals surface area contributed by atoms with Crippen LogP contribution in [-0.2, 0) is 14.8 Å². The number of rotatable bonds is 9. The number of carbonyl (C=O) groups excluding carboxylic acids is 1. The molecule has 0 bridgehead atoms. The molecule has 0 saturated carbocycles. The van der Waals surface area contributed by atoms with Crippen molar-refractivity contribution >= 4 is 27.7 Å². The van der Waals surface area contributed by atoms with Gasteiger partial charge in [0.1, 0.15) is 0 Å². The largest absolute Gasteiger partial charge is 0.325 e. The van der Waals surface area contributed by atoms with Crippen molar-refractivity contribution in [1.29, 1.82) is 0 Å². The van der Waals surface area contributed by atoms with E-state index in [1.807, 2.05) is 76.2 Å². The molecule has 0 aliphatic carbocycles. The van der Waals surface area contributed by atoms with Gasteiger partial charge in [-0.25, -0.2) is 8.42 Å². The van der Waals surface area contributed by atoms with Gasteiger partial charge >= 0.3 is 0 Å². The number of amides is 1. The maximum Gasteiger partial charge on any atom is 0.239 e. The van der Waals surface area contributed by atoms with E-state index in [-0.39, 0.29) is 12.5 Å². The summed E-state index contributed by atoms with van der Waals surface area (Å²) < 4.78 is 27.0. The van der Waals surface area contributed by atoms with Gasteiger partial charge in [-0.3, -0.25) is 4.79 Å². The molecule has 2 rings (SSSR count). The second-order valence-electron chi connectivity index (χ2n) is 7.64. The van der Waals surface area contributed by atoms with E-state index in [2.05, 4.69) is 5.32 Å². The summed E-state index contributed by atoms with van der Waals surface area (Å²) in [5.41, 5.74) is 3.54. The molecular weight excluding hydrogens is 384 g/mol. The predicted octanol–water partition coefficient (Wildman–Crippen LogP) is 4.59. The monoisotopic (exact) mass is 414 g/mol. The molecule has 0 spiro atoms. The Morgan fingerprint density at radius 3 is 2.41 bits per heavy atom. The molecule has 0 aliphatic rings. The normalized spacial score (nSPS) is 12.1. The molecule has 2 aromatic rings. The zero-order valence-electron chi connectivity index (χ0n) is 17.6. The molecule has 2 aromatic carbocycles. The first-order valence-electron chi connectivity index (χ1n) is 9.78. The second kappa shape index (κ2) is 10.4. The van der Waals surface area contributed by atoms with Crippen LogP contribution in [0.4, 0.5) is 5.69 Å². The Labute approximate surface area is 174 Å². The number of carbonyl (C=O) groups is 1. The lowest BCUT2D eigenvalue weighted by Crippen LogP contribution is -2.38. The Morgan fingerprint density at radius 1 is 1.10 bits per heavy atom. The molecule has 156 valence electrons. The molecule has 0 fully saturated rings. The Morgan fingerprint density at radius 2 is 1.79 bits per heavy atom. The number of hydrogen-bond donors (Lipinski definition) is 1. The summed E-state index contributed by atoms with van der Waals surface area (Å²) in [6, 6.07) is 15.0. The van der Waals surface area contributed by atoms with Crippen molar-refractivity contribution in [2.24, 2.45) is 5.92 Å². The lowest BCUT2D eigenvalue weighted by atomic mass is 10.1. The van der Waals surface area contributed by atoms with E-state index in [0.29, 0.717) is 24.6 Å². The van der Waals surface area contributed by atoms with Crippen LogP contribution in [0.15, 0.2) is 53.9 Å². The molecule has 5 nitrogen and oxygen atoms in total. The van der Waals surface area contributed by atoms with Crippen molar-refractivity contribution in [3.05, 3.63) is 70.6 Å². The molecule has 0 radical (unpaired) electrons. The Bertz CT molecular complexity index is 951. The van der Waals surface area contributed by atoms with Crippen LogP contribution in [0.1, 0.15) is 37.0 Å². The van der Waals surface area contributed by atoms with Crippen LogP contribution >= 0.6 is 0 Å². The third-order valence-corrected chi connectivity index (χ3v) is 6.04. The van der Waals surface area contributed by atoms with Crippen LogP contribution in [0, 0.1) is 19.8 Å². The van der Waals surface area contributed by atoms with Gasteiger partial charge in [0.2, 0.25) is 15.9 Å². The van der Waals surface area contributed by atoms with Gasteiger partial charge in [0.05, 0.1) is 6.54 Å². The molecule has 29 heavy (non-hydrogen) atoms. The van der Waals surface area contributed by atoms with Crippen LogP contribution in [0.3, 0.4) is 0 Å². The van der Waals surface area contributed by atoms with Crippen LogP contribution in [0.2, 0.25) is 0 Å². The highest BCUT2D eigenvalue weighted by Gasteiger charge is 2.22. The summed E-state index contributed by atoms with van der Waals surface area (Å²) >= 11 is 0. The third-order valence-electron chi connectivity index (χ3n) is 4.52. The zero-order chi connectivity index (χ0) is 21.4.